The molecule has 0 saturated carbocycles. The van der Waals surface area contributed by atoms with E-state index in [1.54, 1.807) is 19.9 Å². The normalized spacial score (nSPS) is 17.8. The van der Waals surface area contributed by atoms with Crippen LogP contribution in [0.3, 0.4) is 0 Å². The summed E-state index contributed by atoms with van der Waals surface area (Å²) < 4.78 is 32.2. The molecule has 1 fully saturated rings. The average molecular weight is 395 g/mol. The van der Waals surface area contributed by atoms with Crippen molar-refractivity contribution in [2.45, 2.75) is 24.8 Å². The molecule has 0 spiro atoms. The molecule has 1 aromatic carbocycles. The Morgan fingerprint density at radius 3 is 2.42 bits per heavy atom. The first-order chi connectivity index (χ1) is 12.4. The molecule has 1 aromatic heterocycles. The molecule has 26 heavy (non-hydrogen) atoms. The molecule has 138 valence electrons. The second kappa shape index (κ2) is 7.37. The molecule has 0 aliphatic carbocycles. The molecule has 1 saturated heterocycles. The molecule has 0 N–H and O–H groups in total. The maximum atomic E-state index is 12.9. The van der Waals surface area contributed by atoms with E-state index in [2.05, 4.69) is 11.2 Å². The molecule has 1 aliphatic heterocycles. The van der Waals surface area contributed by atoms with Gasteiger partial charge >= 0.3 is 0 Å². The van der Waals surface area contributed by atoms with Crippen LogP contribution in [0.2, 0.25) is 5.02 Å². The Hall–Kier alpha value is -1.92. The number of hydrogen-bond acceptors (Lipinski definition) is 6. The second-order valence-electron chi connectivity index (χ2n) is 6.15. The first kappa shape index (κ1) is 18.9. The van der Waals surface area contributed by atoms with Gasteiger partial charge in [-0.15, -0.1) is 0 Å². The summed E-state index contributed by atoms with van der Waals surface area (Å²) >= 11 is 6.22. The fourth-order valence-corrected chi connectivity index (χ4v) is 5.17. The molecular formula is C17H19ClN4O3S. The lowest BCUT2D eigenvalue weighted by Gasteiger charge is -2.36. The van der Waals surface area contributed by atoms with Gasteiger partial charge in [-0.05, 0) is 19.9 Å². The van der Waals surface area contributed by atoms with Crippen LogP contribution in [0.5, 0.6) is 0 Å². The van der Waals surface area contributed by atoms with E-state index in [1.165, 1.54) is 4.31 Å². The molecule has 0 bridgehead atoms. The Kier molecular flexibility index (Phi) is 5.34. The third-order valence-corrected chi connectivity index (χ3v) is 7.01. The first-order valence-electron chi connectivity index (χ1n) is 8.17. The summed E-state index contributed by atoms with van der Waals surface area (Å²) in [4.78, 5) is 2.08. The Bertz CT molecular complexity index is 924. The molecule has 2 heterocycles. The van der Waals surface area contributed by atoms with Crippen molar-refractivity contribution >= 4 is 21.6 Å². The SMILES string of the molecule is Cc1noc(C)c1S(=O)(=O)N1CCN(C(C#N)c2ccccc2Cl)CC1. The fraction of sp³-hybridized carbons (Fsp3) is 0.412. The van der Waals surface area contributed by atoms with Crippen molar-refractivity contribution in [1.82, 2.24) is 14.4 Å². The van der Waals surface area contributed by atoms with Crippen LogP contribution in [0.15, 0.2) is 33.7 Å². The van der Waals surface area contributed by atoms with Gasteiger partial charge in [-0.2, -0.15) is 9.57 Å². The maximum Gasteiger partial charge on any atom is 0.248 e. The summed E-state index contributed by atoms with van der Waals surface area (Å²) in [5.74, 6) is 0.288. The zero-order chi connectivity index (χ0) is 18.9. The summed E-state index contributed by atoms with van der Waals surface area (Å²) in [7, 11) is -3.67. The number of aromatic nitrogens is 1. The predicted octanol–water partition coefficient (Wildman–Crippen LogP) is 2.52. The molecule has 1 unspecified atom stereocenters. The van der Waals surface area contributed by atoms with Gasteiger partial charge in [-0.3, -0.25) is 4.90 Å². The highest BCUT2D eigenvalue weighted by atomic mass is 35.5. The van der Waals surface area contributed by atoms with Crippen LogP contribution in [-0.4, -0.2) is 49.0 Å². The minimum absolute atomic E-state index is 0.133. The molecule has 1 aliphatic rings. The predicted molar refractivity (Wildman–Crippen MR) is 96.1 cm³/mol. The van der Waals surface area contributed by atoms with Crippen LogP contribution < -0.4 is 0 Å². The number of nitriles is 1. The van der Waals surface area contributed by atoms with Gasteiger partial charge in [-0.25, -0.2) is 8.42 Å². The van der Waals surface area contributed by atoms with E-state index in [0.29, 0.717) is 23.8 Å². The molecule has 3 rings (SSSR count). The van der Waals surface area contributed by atoms with Gasteiger partial charge in [-0.1, -0.05) is 35.0 Å². The van der Waals surface area contributed by atoms with Gasteiger partial charge in [0.05, 0.1) is 6.07 Å². The van der Waals surface area contributed by atoms with Crippen molar-refractivity contribution in [1.29, 1.82) is 5.26 Å². The number of piperazine rings is 1. The summed E-state index contributed by atoms with van der Waals surface area (Å²) in [6.07, 6.45) is 0. The van der Waals surface area contributed by atoms with E-state index < -0.39 is 16.1 Å². The van der Waals surface area contributed by atoms with Gasteiger partial charge in [0.1, 0.15) is 16.6 Å². The monoisotopic (exact) mass is 394 g/mol. The topological polar surface area (TPSA) is 90.4 Å². The zero-order valence-electron chi connectivity index (χ0n) is 14.5. The summed E-state index contributed by atoms with van der Waals surface area (Å²) in [6, 6.07) is 8.99. The Balaban J connectivity index is 1.77. The molecule has 0 radical (unpaired) electrons. The number of rotatable bonds is 4. The van der Waals surface area contributed by atoms with E-state index in [1.807, 2.05) is 23.1 Å². The quantitative estimate of drug-likeness (QED) is 0.791. The largest absolute Gasteiger partial charge is 0.360 e. The van der Waals surface area contributed by atoms with Gasteiger partial charge in [0.2, 0.25) is 10.0 Å². The highest BCUT2D eigenvalue weighted by Gasteiger charge is 2.35. The summed E-state index contributed by atoms with van der Waals surface area (Å²) in [5.41, 5.74) is 1.09. The van der Waals surface area contributed by atoms with Gasteiger partial charge in [0.25, 0.3) is 0 Å². The third kappa shape index (κ3) is 3.35. The van der Waals surface area contributed by atoms with Crippen LogP contribution in [-0.2, 0) is 10.0 Å². The number of nitrogens with zero attached hydrogens (tertiary/aromatic N) is 4. The lowest BCUT2D eigenvalue weighted by Crippen LogP contribution is -2.49. The van der Waals surface area contributed by atoms with E-state index in [-0.39, 0.29) is 23.7 Å². The number of aryl methyl sites for hydroxylation is 2. The minimum Gasteiger partial charge on any atom is -0.360 e. The van der Waals surface area contributed by atoms with Gasteiger partial charge in [0, 0.05) is 36.8 Å². The third-order valence-electron chi connectivity index (χ3n) is 4.53. The Morgan fingerprint density at radius 1 is 1.23 bits per heavy atom. The van der Waals surface area contributed by atoms with Crippen LogP contribution in [0.25, 0.3) is 0 Å². The number of benzene rings is 1. The fourth-order valence-electron chi connectivity index (χ4n) is 3.22. The summed E-state index contributed by atoms with van der Waals surface area (Å²) in [6.45, 7) is 4.65. The van der Waals surface area contributed by atoms with E-state index in [0.717, 1.165) is 5.56 Å². The van der Waals surface area contributed by atoms with Crippen molar-refractivity contribution in [3.05, 3.63) is 46.3 Å². The molecular weight excluding hydrogens is 376 g/mol. The van der Waals surface area contributed by atoms with Crippen molar-refractivity contribution in [2.24, 2.45) is 0 Å². The molecule has 1 atom stereocenters. The second-order valence-corrected chi connectivity index (χ2v) is 8.43. The van der Waals surface area contributed by atoms with Crippen LogP contribution in [0.4, 0.5) is 0 Å². The van der Waals surface area contributed by atoms with Crippen LogP contribution in [0.1, 0.15) is 23.1 Å². The van der Waals surface area contributed by atoms with Crippen molar-refractivity contribution in [3.63, 3.8) is 0 Å². The molecule has 2 aromatic rings. The highest BCUT2D eigenvalue weighted by Crippen LogP contribution is 2.29. The van der Waals surface area contributed by atoms with Crippen molar-refractivity contribution in [2.75, 3.05) is 26.2 Å². The van der Waals surface area contributed by atoms with Crippen LogP contribution >= 0.6 is 11.6 Å². The Labute approximate surface area is 157 Å². The van der Waals surface area contributed by atoms with Crippen LogP contribution in [0, 0.1) is 25.2 Å². The van der Waals surface area contributed by atoms with Crippen molar-refractivity contribution < 1.29 is 12.9 Å². The number of halogens is 1. The first-order valence-corrected chi connectivity index (χ1v) is 9.99. The Morgan fingerprint density at radius 2 is 1.88 bits per heavy atom. The lowest BCUT2D eigenvalue weighted by atomic mass is 10.1. The standard InChI is InChI=1S/C17H19ClN4O3S/c1-12-17(13(2)25-20-12)26(23,24)22-9-7-21(8-10-22)16(11-19)14-5-3-4-6-15(14)18/h3-6,16H,7-10H2,1-2H3. The molecule has 7 nitrogen and oxygen atoms in total. The summed E-state index contributed by atoms with van der Waals surface area (Å²) in [5, 5.41) is 13.9. The highest BCUT2D eigenvalue weighted by molar-refractivity contribution is 7.89. The van der Waals surface area contributed by atoms with Crippen molar-refractivity contribution in [3.8, 4) is 6.07 Å². The van der Waals surface area contributed by atoms with Gasteiger partial charge in [0.15, 0.2) is 5.76 Å². The average Bonchev–Trinajstić information content (AvgIpc) is 2.97. The minimum atomic E-state index is -3.67. The molecule has 9 heteroatoms. The van der Waals surface area contributed by atoms with E-state index in [4.69, 9.17) is 16.1 Å². The van der Waals surface area contributed by atoms with E-state index >= 15 is 0 Å². The zero-order valence-corrected chi connectivity index (χ0v) is 16.1. The maximum absolute atomic E-state index is 12.9. The smallest absolute Gasteiger partial charge is 0.248 e. The number of sulfonamides is 1. The lowest BCUT2D eigenvalue weighted by molar-refractivity contribution is 0.162. The van der Waals surface area contributed by atoms with E-state index in [9.17, 15) is 13.7 Å². The molecule has 0 amide bonds. The number of hydrogen-bond donors (Lipinski definition) is 0. The van der Waals surface area contributed by atoms with Gasteiger partial charge < -0.3 is 4.52 Å².